The number of hydrogen-bond donors (Lipinski definition) is 1. The third kappa shape index (κ3) is 7.99. The fourth-order valence-electron chi connectivity index (χ4n) is 6.69. The van der Waals surface area contributed by atoms with Crippen LogP contribution >= 0.6 is 0 Å². The van der Waals surface area contributed by atoms with Crippen LogP contribution in [0.5, 0.6) is 0 Å². The van der Waals surface area contributed by atoms with E-state index in [1.807, 2.05) is 0 Å². The molecule has 0 aromatic carbocycles. The van der Waals surface area contributed by atoms with Gasteiger partial charge in [-0.15, -0.1) is 0 Å². The number of rotatable bonds is 14. The predicted octanol–water partition coefficient (Wildman–Crippen LogP) is 8.93. The molecule has 1 fully saturated rings. The zero-order valence-electron chi connectivity index (χ0n) is 21.7. The molecule has 0 radical (unpaired) electrons. The fourth-order valence-corrected chi connectivity index (χ4v) is 6.69. The smallest absolute Gasteiger partial charge is 0.00667 e. The van der Waals surface area contributed by atoms with Gasteiger partial charge in [0.25, 0.3) is 0 Å². The molecule has 2 aliphatic rings. The molecule has 0 aromatic heterocycles. The van der Waals surface area contributed by atoms with Gasteiger partial charge in [0.2, 0.25) is 0 Å². The Bertz CT molecular complexity index is 506. The van der Waals surface area contributed by atoms with Crippen molar-refractivity contribution in [3.63, 3.8) is 0 Å². The lowest BCUT2D eigenvalue weighted by atomic mass is 9.62. The first-order chi connectivity index (χ1) is 14.3. The largest absolute Gasteiger partial charge is 0.312 e. The summed E-state index contributed by atoms with van der Waals surface area (Å²) in [6, 6.07) is 1.32. The number of allylic oxidation sites excluding steroid dienone is 2. The van der Waals surface area contributed by atoms with Crippen molar-refractivity contribution in [3.8, 4) is 0 Å². The Morgan fingerprint density at radius 1 is 1.00 bits per heavy atom. The molecule has 176 valence electrons. The van der Waals surface area contributed by atoms with E-state index in [4.69, 9.17) is 0 Å². The van der Waals surface area contributed by atoms with Crippen LogP contribution in [0.25, 0.3) is 0 Å². The molecule has 2 aliphatic carbocycles. The average Bonchev–Trinajstić information content (AvgIpc) is 2.69. The van der Waals surface area contributed by atoms with E-state index in [0.29, 0.717) is 17.5 Å². The summed E-state index contributed by atoms with van der Waals surface area (Å²) in [5.74, 6) is 3.64. The van der Waals surface area contributed by atoms with Gasteiger partial charge < -0.3 is 5.32 Å². The second-order valence-corrected chi connectivity index (χ2v) is 11.8. The molecule has 0 aliphatic heterocycles. The molecule has 1 saturated carbocycles. The molecule has 0 saturated heterocycles. The Morgan fingerprint density at radius 3 is 2.37 bits per heavy atom. The lowest BCUT2D eigenvalue weighted by Gasteiger charge is -2.43. The van der Waals surface area contributed by atoms with E-state index >= 15 is 0 Å². The summed E-state index contributed by atoms with van der Waals surface area (Å²) in [5, 5.41) is 3.74. The quantitative estimate of drug-likeness (QED) is 0.278. The predicted molar refractivity (Wildman–Crippen MR) is 135 cm³/mol. The van der Waals surface area contributed by atoms with Crippen LogP contribution in [0, 0.1) is 29.1 Å². The highest BCUT2D eigenvalue weighted by Crippen LogP contribution is 2.49. The molecule has 0 spiro atoms. The molecule has 2 bridgehead atoms. The van der Waals surface area contributed by atoms with Crippen LogP contribution in [0.4, 0.5) is 0 Å². The van der Waals surface area contributed by atoms with E-state index in [0.717, 1.165) is 23.7 Å². The van der Waals surface area contributed by atoms with Gasteiger partial charge in [-0.2, -0.15) is 0 Å². The molecule has 1 N–H and O–H groups in total. The molecule has 0 amide bonds. The van der Waals surface area contributed by atoms with E-state index in [2.05, 4.69) is 59.9 Å². The molecule has 2 rings (SSSR count). The van der Waals surface area contributed by atoms with Gasteiger partial charge in [0.15, 0.2) is 0 Å². The maximum atomic E-state index is 3.74. The van der Waals surface area contributed by atoms with Gasteiger partial charge in [0, 0.05) is 12.1 Å². The molecule has 1 heteroatoms. The average molecular weight is 418 g/mol. The molecule has 0 heterocycles. The number of fused-ring (bicyclic) bond motifs is 2. The van der Waals surface area contributed by atoms with Crippen LogP contribution < -0.4 is 5.32 Å². The second kappa shape index (κ2) is 12.7. The third-order valence-corrected chi connectivity index (χ3v) is 8.86. The Hall–Kier alpha value is -0.300. The van der Waals surface area contributed by atoms with E-state index in [1.54, 1.807) is 5.57 Å². The molecule has 1 nitrogen and oxygen atoms in total. The minimum absolute atomic E-state index is 0.477. The zero-order valence-corrected chi connectivity index (χ0v) is 21.7. The first-order valence-corrected chi connectivity index (χ1v) is 13.7. The highest BCUT2D eigenvalue weighted by Gasteiger charge is 2.37. The standard InChI is InChI=1S/C29H55N/c1-8-27(23(5)13-10-18-28(9-2)30-22(3)4)17-11-14-24(6)29(7)20-25-15-12-16-26(19-25)21-29/h20,22-24,26-28,30H,8-19,21H2,1-7H3. The SMILES string of the molecule is CCC(CCCC(C)C(CC)CCCC(C)C1(C)C=C2CCCC(C2)C1)NC(C)C. The van der Waals surface area contributed by atoms with Crippen LogP contribution in [0.1, 0.15) is 132 Å². The lowest BCUT2D eigenvalue weighted by Crippen LogP contribution is -2.34. The van der Waals surface area contributed by atoms with E-state index in [-0.39, 0.29) is 0 Å². The van der Waals surface area contributed by atoms with Gasteiger partial charge in [-0.05, 0) is 80.5 Å². The third-order valence-electron chi connectivity index (χ3n) is 8.86. The van der Waals surface area contributed by atoms with Crippen molar-refractivity contribution in [2.24, 2.45) is 29.1 Å². The summed E-state index contributed by atoms with van der Waals surface area (Å²) in [5.41, 5.74) is 2.27. The monoisotopic (exact) mass is 417 g/mol. The van der Waals surface area contributed by atoms with Gasteiger partial charge in [-0.3, -0.25) is 0 Å². The molecule has 6 atom stereocenters. The van der Waals surface area contributed by atoms with Crippen LogP contribution in [0.15, 0.2) is 11.6 Å². The normalized spacial score (nSPS) is 28.1. The van der Waals surface area contributed by atoms with Crippen LogP contribution in [-0.2, 0) is 0 Å². The zero-order chi connectivity index (χ0) is 22.1. The van der Waals surface area contributed by atoms with E-state index in [9.17, 15) is 0 Å². The highest BCUT2D eigenvalue weighted by molar-refractivity contribution is 5.17. The minimum Gasteiger partial charge on any atom is -0.312 e. The molecular weight excluding hydrogens is 362 g/mol. The van der Waals surface area contributed by atoms with Gasteiger partial charge in [0.05, 0.1) is 0 Å². The van der Waals surface area contributed by atoms with Gasteiger partial charge in [-0.25, -0.2) is 0 Å². The lowest BCUT2D eigenvalue weighted by molar-refractivity contribution is 0.161. The van der Waals surface area contributed by atoms with Crippen molar-refractivity contribution >= 4 is 0 Å². The van der Waals surface area contributed by atoms with Crippen LogP contribution in [0.3, 0.4) is 0 Å². The van der Waals surface area contributed by atoms with Gasteiger partial charge in [0.1, 0.15) is 0 Å². The minimum atomic E-state index is 0.477. The van der Waals surface area contributed by atoms with Crippen molar-refractivity contribution in [2.75, 3.05) is 0 Å². The summed E-state index contributed by atoms with van der Waals surface area (Å²) >= 11 is 0. The second-order valence-electron chi connectivity index (χ2n) is 11.8. The summed E-state index contributed by atoms with van der Waals surface area (Å²) in [4.78, 5) is 0. The van der Waals surface area contributed by atoms with Crippen molar-refractivity contribution < 1.29 is 0 Å². The number of hydrogen-bond acceptors (Lipinski definition) is 1. The summed E-state index contributed by atoms with van der Waals surface area (Å²) < 4.78 is 0. The molecule has 0 aromatic rings. The van der Waals surface area contributed by atoms with Gasteiger partial charge in [-0.1, -0.05) is 92.2 Å². The van der Waals surface area contributed by atoms with E-state index in [1.165, 1.54) is 83.5 Å². The summed E-state index contributed by atoms with van der Waals surface area (Å²) in [6.45, 7) is 17.0. The molecule has 6 unspecified atom stereocenters. The van der Waals surface area contributed by atoms with Gasteiger partial charge >= 0.3 is 0 Å². The Morgan fingerprint density at radius 2 is 1.73 bits per heavy atom. The van der Waals surface area contributed by atoms with E-state index < -0.39 is 0 Å². The summed E-state index contributed by atoms with van der Waals surface area (Å²) in [6.07, 6.45) is 21.0. The Kier molecular flexibility index (Phi) is 11.0. The van der Waals surface area contributed by atoms with Crippen molar-refractivity contribution in [1.29, 1.82) is 0 Å². The van der Waals surface area contributed by atoms with Crippen molar-refractivity contribution in [3.05, 3.63) is 11.6 Å². The Labute approximate surface area is 190 Å². The Balaban J connectivity index is 1.72. The molecule has 30 heavy (non-hydrogen) atoms. The van der Waals surface area contributed by atoms with Crippen molar-refractivity contribution in [1.82, 2.24) is 5.32 Å². The number of nitrogens with one attached hydrogen (secondary N) is 1. The topological polar surface area (TPSA) is 12.0 Å². The van der Waals surface area contributed by atoms with Crippen LogP contribution in [-0.4, -0.2) is 12.1 Å². The fraction of sp³-hybridized carbons (Fsp3) is 0.931. The first kappa shape index (κ1) is 26.0. The summed E-state index contributed by atoms with van der Waals surface area (Å²) in [7, 11) is 0. The highest BCUT2D eigenvalue weighted by atomic mass is 14.9. The van der Waals surface area contributed by atoms with Crippen molar-refractivity contribution in [2.45, 2.75) is 144 Å². The first-order valence-electron chi connectivity index (χ1n) is 13.7. The molecular formula is C29H55N. The van der Waals surface area contributed by atoms with Crippen LogP contribution in [0.2, 0.25) is 0 Å². The maximum absolute atomic E-state index is 3.74. The maximum Gasteiger partial charge on any atom is 0.00667 e.